The number of aromatic nitrogens is 2. The average Bonchev–Trinajstić information content (AvgIpc) is 3.36. The molecule has 3 N–H and O–H groups in total. The second kappa shape index (κ2) is 21.2. The van der Waals surface area contributed by atoms with Crippen LogP contribution in [0.5, 0.6) is 0 Å². The molecule has 280 valence electrons. The summed E-state index contributed by atoms with van der Waals surface area (Å²) in [6, 6.07) is 0. The topological polar surface area (TPSA) is 149 Å². The van der Waals surface area contributed by atoms with E-state index >= 15 is 0 Å². The lowest BCUT2D eigenvalue weighted by Crippen LogP contribution is -2.46. The van der Waals surface area contributed by atoms with E-state index in [1.807, 2.05) is 4.98 Å². The summed E-state index contributed by atoms with van der Waals surface area (Å²) in [5.41, 5.74) is -1.87. The number of ether oxygens (including phenoxy) is 2. The lowest BCUT2D eigenvalue weighted by Gasteiger charge is -2.39. The smallest absolute Gasteiger partial charge is 0.411 e. The molecule has 4 unspecified atom stereocenters. The molecule has 1 saturated heterocycles. The molecule has 0 aliphatic carbocycles. The molecule has 14 heteroatoms. The van der Waals surface area contributed by atoms with E-state index in [0.717, 1.165) is 30.0 Å². The van der Waals surface area contributed by atoms with E-state index in [1.54, 1.807) is 0 Å². The monoisotopic (exact) mass is 722 g/mol. The van der Waals surface area contributed by atoms with Crippen LogP contribution in [0.4, 0.5) is 4.39 Å². The van der Waals surface area contributed by atoms with Crippen LogP contribution in [0.3, 0.4) is 0 Å². The summed E-state index contributed by atoms with van der Waals surface area (Å²) in [6.45, 7) is 13.1. The van der Waals surface area contributed by atoms with Gasteiger partial charge >= 0.3 is 13.5 Å². The van der Waals surface area contributed by atoms with Crippen molar-refractivity contribution < 1.29 is 37.2 Å². The van der Waals surface area contributed by atoms with Gasteiger partial charge in [0.1, 0.15) is 6.23 Å². The van der Waals surface area contributed by atoms with Crippen LogP contribution in [0.15, 0.2) is 15.8 Å². The summed E-state index contributed by atoms with van der Waals surface area (Å²) >= 11 is 0. The predicted molar refractivity (Wildman–Crippen MR) is 189 cm³/mol. The summed E-state index contributed by atoms with van der Waals surface area (Å²) in [5.74, 6) is -1.09. The number of hydrogen-bond donors (Lipinski definition) is 3. The van der Waals surface area contributed by atoms with Gasteiger partial charge in [-0.3, -0.25) is 18.9 Å². The lowest BCUT2D eigenvalue weighted by molar-refractivity contribution is -0.0601. The molecule has 1 aromatic heterocycles. The normalized spacial score (nSPS) is 19.6. The Kier molecular flexibility index (Phi) is 19.0. The highest BCUT2D eigenvalue weighted by atomic mass is 31.2. The molecule has 0 saturated carbocycles. The largest absolute Gasteiger partial charge is 0.469 e. The van der Waals surface area contributed by atoms with Crippen molar-refractivity contribution in [1.82, 2.24) is 9.55 Å². The zero-order chi connectivity index (χ0) is 35.8. The lowest BCUT2D eigenvalue weighted by atomic mass is 10.0. The van der Waals surface area contributed by atoms with Crippen molar-refractivity contribution in [3.63, 3.8) is 0 Å². The van der Waals surface area contributed by atoms with Crippen molar-refractivity contribution in [1.29, 1.82) is 0 Å². The minimum Gasteiger partial charge on any atom is -0.411 e. The van der Waals surface area contributed by atoms with E-state index < -0.39 is 57.7 Å². The van der Waals surface area contributed by atoms with Crippen LogP contribution >= 0.6 is 7.82 Å². The quantitative estimate of drug-likeness (QED) is 0.0517. The summed E-state index contributed by atoms with van der Waals surface area (Å²) in [6.07, 6.45) is 16.8. The molecular formula is C34H64FN2O9PSi. The van der Waals surface area contributed by atoms with Crippen LogP contribution in [-0.4, -0.2) is 59.2 Å². The van der Waals surface area contributed by atoms with Crippen molar-refractivity contribution in [3.8, 4) is 0 Å². The Labute approximate surface area is 288 Å². The van der Waals surface area contributed by atoms with E-state index in [2.05, 4.69) is 40.8 Å². The van der Waals surface area contributed by atoms with Gasteiger partial charge in [-0.15, -0.1) is 0 Å². The standard InChI is InChI=1S/C34H64FN2O9PSi/c1-7-8-9-10-11-12-13-14-15-16-17-18-19-20-22-43-27(21-23-44-47(40,41)42)24-29-30(46-48(5,6)34(2,3)4)25-31(45-29)37-26-28(35)32(38)36-33(37)39/h26-27,29-31H,7-25H2,1-6H3,(H,36,38,39)(H2,40,41,42). The number of unbranched alkanes of at least 4 members (excludes halogenated alkanes) is 13. The average molecular weight is 723 g/mol. The Bertz CT molecular complexity index is 1220. The van der Waals surface area contributed by atoms with E-state index in [0.29, 0.717) is 13.0 Å². The third kappa shape index (κ3) is 16.2. The van der Waals surface area contributed by atoms with Crippen LogP contribution in [0, 0.1) is 5.82 Å². The van der Waals surface area contributed by atoms with E-state index in [4.69, 9.17) is 18.4 Å². The maximum Gasteiger partial charge on any atom is 0.469 e. The van der Waals surface area contributed by atoms with Gasteiger partial charge in [-0.1, -0.05) is 111 Å². The van der Waals surface area contributed by atoms with E-state index in [9.17, 15) is 28.3 Å². The summed E-state index contributed by atoms with van der Waals surface area (Å²) in [7, 11) is -6.96. The molecule has 48 heavy (non-hydrogen) atoms. The summed E-state index contributed by atoms with van der Waals surface area (Å²) in [5, 5.41) is -0.113. The first-order valence-corrected chi connectivity index (χ1v) is 22.6. The molecule has 0 spiro atoms. The third-order valence-corrected chi connectivity index (χ3v) is 14.7. The molecule has 0 radical (unpaired) electrons. The fourth-order valence-corrected chi connectivity index (χ4v) is 7.52. The minimum atomic E-state index is -4.65. The van der Waals surface area contributed by atoms with Gasteiger partial charge in [-0.05, 0) is 31.0 Å². The van der Waals surface area contributed by atoms with Gasteiger partial charge in [0.15, 0.2) is 8.32 Å². The molecule has 4 atom stereocenters. The maximum absolute atomic E-state index is 14.2. The Morgan fingerprint density at radius 3 is 2.04 bits per heavy atom. The number of nitrogens with one attached hydrogen (secondary N) is 1. The van der Waals surface area contributed by atoms with Crippen LogP contribution < -0.4 is 11.2 Å². The summed E-state index contributed by atoms with van der Waals surface area (Å²) in [4.78, 5) is 44.7. The van der Waals surface area contributed by atoms with Gasteiger partial charge in [0.2, 0.25) is 5.82 Å². The Morgan fingerprint density at radius 2 is 1.52 bits per heavy atom. The fourth-order valence-electron chi connectivity index (χ4n) is 5.81. The molecule has 0 aromatic carbocycles. The molecule has 1 aliphatic heterocycles. The van der Waals surface area contributed by atoms with Crippen LogP contribution in [0.25, 0.3) is 0 Å². The highest BCUT2D eigenvalue weighted by molar-refractivity contribution is 7.46. The number of halogens is 1. The Hall–Kier alpha value is -1.18. The number of rotatable bonds is 25. The Balaban J connectivity index is 1.95. The van der Waals surface area contributed by atoms with Gasteiger partial charge in [0.25, 0.3) is 5.56 Å². The molecule has 2 heterocycles. The van der Waals surface area contributed by atoms with Crippen molar-refractivity contribution in [2.24, 2.45) is 0 Å². The van der Waals surface area contributed by atoms with Crippen molar-refractivity contribution in [2.75, 3.05) is 13.2 Å². The predicted octanol–water partition coefficient (Wildman–Crippen LogP) is 8.11. The number of hydrogen-bond acceptors (Lipinski definition) is 7. The van der Waals surface area contributed by atoms with Crippen molar-refractivity contribution in [3.05, 3.63) is 32.9 Å². The van der Waals surface area contributed by atoms with Crippen molar-refractivity contribution in [2.45, 2.75) is 180 Å². The second-order valence-corrected chi connectivity index (χ2v) is 20.9. The highest BCUT2D eigenvalue weighted by Gasteiger charge is 2.46. The maximum atomic E-state index is 14.2. The molecular weight excluding hydrogens is 658 g/mol. The van der Waals surface area contributed by atoms with Crippen molar-refractivity contribution >= 4 is 16.1 Å². The molecule has 1 aliphatic rings. The molecule has 0 bridgehead atoms. The molecule has 11 nitrogen and oxygen atoms in total. The minimum absolute atomic E-state index is 0.113. The number of phosphoric ester groups is 1. The van der Waals surface area contributed by atoms with E-state index in [-0.39, 0.29) is 24.5 Å². The molecule has 0 amide bonds. The van der Waals surface area contributed by atoms with Gasteiger partial charge in [0, 0.05) is 19.4 Å². The number of phosphoric acid groups is 1. The first kappa shape index (κ1) is 43.0. The molecule has 2 rings (SSSR count). The zero-order valence-corrected chi connectivity index (χ0v) is 32.2. The highest BCUT2D eigenvalue weighted by Crippen LogP contribution is 2.42. The van der Waals surface area contributed by atoms with Gasteiger partial charge in [-0.25, -0.2) is 9.36 Å². The van der Waals surface area contributed by atoms with Crippen LogP contribution in [0.2, 0.25) is 18.1 Å². The zero-order valence-electron chi connectivity index (χ0n) is 30.3. The van der Waals surface area contributed by atoms with E-state index in [1.165, 1.54) is 70.6 Å². The van der Waals surface area contributed by atoms with Gasteiger partial charge in [0.05, 0.1) is 31.1 Å². The number of H-pyrrole nitrogens is 1. The Morgan fingerprint density at radius 1 is 0.979 bits per heavy atom. The number of nitrogens with zero attached hydrogens (tertiary/aromatic N) is 1. The first-order valence-electron chi connectivity index (χ1n) is 18.2. The van der Waals surface area contributed by atoms with Gasteiger partial charge < -0.3 is 23.7 Å². The number of aromatic amines is 1. The fraction of sp³-hybridized carbons (Fsp3) is 0.882. The summed E-state index contributed by atoms with van der Waals surface area (Å²) < 4.78 is 50.6. The second-order valence-electron chi connectivity index (χ2n) is 14.9. The molecule has 1 aromatic rings. The molecule has 1 fully saturated rings. The first-order chi connectivity index (χ1) is 22.5. The SMILES string of the molecule is CCCCCCCCCCCCCCCCOC(CCOP(=O)(O)O)CC1OC(n2cc(F)c(=O)[nH]c2=O)CC1O[Si](C)(C)C(C)(C)C. The van der Waals surface area contributed by atoms with Crippen LogP contribution in [0.1, 0.15) is 143 Å². The third-order valence-electron chi connectivity index (χ3n) is 9.71. The van der Waals surface area contributed by atoms with Crippen LogP contribution in [-0.2, 0) is 23.0 Å². The van der Waals surface area contributed by atoms with Gasteiger partial charge in [-0.2, -0.15) is 4.39 Å².